The van der Waals surface area contributed by atoms with Gasteiger partial charge in [0.05, 0.1) is 16.6 Å². The van der Waals surface area contributed by atoms with E-state index in [4.69, 9.17) is 4.74 Å². The molecule has 1 aliphatic heterocycles. The van der Waals surface area contributed by atoms with Gasteiger partial charge in [-0.2, -0.15) is 4.98 Å². The van der Waals surface area contributed by atoms with Gasteiger partial charge in [0.25, 0.3) is 15.9 Å². The zero-order chi connectivity index (χ0) is 32.4. The Morgan fingerprint density at radius 3 is 2.43 bits per heavy atom. The van der Waals surface area contributed by atoms with Crippen LogP contribution in [0.2, 0.25) is 0 Å². The van der Waals surface area contributed by atoms with E-state index < -0.39 is 10.0 Å². The highest BCUT2D eigenvalue weighted by molar-refractivity contribution is 7.92. The van der Waals surface area contributed by atoms with Crippen molar-refractivity contribution in [3.63, 3.8) is 0 Å². The van der Waals surface area contributed by atoms with Crippen molar-refractivity contribution in [3.05, 3.63) is 65.2 Å². The number of sulfonamides is 1. The summed E-state index contributed by atoms with van der Waals surface area (Å²) in [5.41, 5.74) is 4.02. The van der Waals surface area contributed by atoms with E-state index in [0.29, 0.717) is 23.7 Å². The Hall–Kier alpha value is -3.54. The van der Waals surface area contributed by atoms with Crippen LogP contribution < -0.4 is 14.8 Å². The van der Waals surface area contributed by atoms with Gasteiger partial charge in [-0.1, -0.05) is 38.1 Å². The number of anilines is 1. The van der Waals surface area contributed by atoms with E-state index in [1.807, 2.05) is 36.9 Å². The summed E-state index contributed by atoms with van der Waals surface area (Å²) < 4.78 is 36.2. The zero-order valence-electron chi connectivity index (χ0n) is 26.9. The standard InChI is InChI=1S/C35H43N5O5S/c1-21(2)11-27-16-45-30-15-29(31-22(3)7-5-8-23(31)4)36-33(37-30)39-46(43,44)28-10-6-9-24(12-28)32(42)40(27)26-13-25(14-26)38-35-17-34(18-35,19-35)20-41/h5-10,12,15,21,25-27,38,41H,11,13-14,16-20H2,1-4H3,(H,36,37,39)/t25-,26+,27-,34?,35?/m1/s1. The van der Waals surface area contributed by atoms with Crippen LogP contribution in [0.3, 0.4) is 0 Å². The molecule has 6 bridgehead atoms. The Morgan fingerprint density at radius 2 is 1.76 bits per heavy atom. The first-order valence-electron chi connectivity index (χ1n) is 16.3. The molecule has 4 aliphatic carbocycles. The molecule has 3 N–H and O–H groups in total. The molecule has 11 heteroatoms. The average molecular weight is 646 g/mol. The van der Waals surface area contributed by atoms with Crippen LogP contribution in [0, 0.1) is 25.2 Å². The van der Waals surface area contributed by atoms with Crippen LogP contribution in [0.15, 0.2) is 53.4 Å². The van der Waals surface area contributed by atoms with Crippen molar-refractivity contribution in [1.82, 2.24) is 20.2 Å². The number of benzene rings is 2. The highest BCUT2D eigenvalue weighted by Gasteiger charge is 2.68. The fourth-order valence-corrected chi connectivity index (χ4v) is 9.31. The van der Waals surface area contributed by atoms with Gasteiger partial charge >= 0.3 is 0 Å². The molecule has 3 aromatic rings. The third kappa shape index (κ3) is 5.56. The van der Waals surface area contributed by atoms with Crippen LogP contribution in [0.4, 0.5) is 5.95 Å². The fraction of sp³-hybridized carbons (Fsp3) is 0.514. The van der Waals surface area contributed by atoms with Crippen molar-refractivity contribution in [2.75, 3.05) is 17.9 Å². The third-order valence-corrected chi connectivity index (χ3v) is 11.7. The van der Waals surface area contributed by atoms with Crippen LogP contribution in [0.1, 0.15) is 73.9 Å². The van der Waals surface area contributed by atoms with Crippen molar-refractivity contribution in [2.45, 2.75) is 94.8 Å². The summed E-state index contributed by atoms with van der Waals surface area (Å²) in [5, 5.41) is 13.5. The van der Waals surface area contributed by atoms with Crippen LogP contribution in [0.5, 0.6) is 5.88 Å². The second-order valence-corrected chi connectivity index (χ2v) is 16.2. The van der Waals surface area contributed by atoms with Crippen molar-refractivity contribution >= 4 is 21.9 Å². The zero-order valence-corrected chi connectivity index (χ0v) is 27.7. The van der Waals surface area contributed by atoms with Gasteiger partial charge in [0.15, 0.2) is 0 Å². The number of nitrogens with zero attached hydrogens (tertiary/aromatic N) is 3. The second-order valence-electron chi connectivity index (χ2n) is 14.6. The average Bonchev–Trinajstić information content (AvgIpc) is 2.94. The number of rotatable bonds is 7. The molecule has 1 amide bonds. The van der Waals surface area contributed by atoms with E-state index in [-0.39, 0.29) is 64.8 Å². The van der Waals surface area contributed by atoms with Gasteiger partial charge < -0.3 is 20.1 Å². The van der Waals surface area contributed by atoms with Gasteiger partial charge in [-0.25, -0.2) is 18.1 Å². The third-order valence-electron chi connectivity index (χ3n) is 10.3. The summed E-state index contributed by atoms with van der Waals surface area (Å²) in [6, 6.07) is 13.9. The minimum atomic E-state index is -4.12. The molecule has 4 saturated carbocycles. The summed E-state index contributed by atoms with van der Waals surface area (Å²) in [7, 11) is -4.12. The maximum absolute atomic E-state index is 14.4. The first-order valence-corrected chi connectivity index (χ1v) is 17.8. The van der Waals surface area contributed by atoms with E-state index >= 15 is 0 Å². The van der Waals surface area contributed by atoms with Gasteiger partial charge in [-0.3, -0.25) is 4.79 Å². The molecule has 0 radical (unpaired) electrons. The van der Waals surface area contributed by atoms with E-state index in [1.54, 1.807) is 18.2 Å². The molecule has 46 heavy (non-hydrogen) atoms. The van der Waals surface area contributed by atoms with Crippen LogP contribution >= 0.6 is 0 Å². The highest BCUT2D eigenvalue weighted by Crippen LogP contribution is 2.67. The summed E-state index contributed by atoms with van der Waals surface area (Å²) in [4.78, 5) is 25.4. The Labute approximate surface area is 271 Å². The molecule has 1 atom stereocenters. The van der Waals surface area contributed by atoms with E-state index in [1.165, 1.54) is 12.1 Å². The first kappa shape index (κ1) is 31.1. The van der Waals surface area contributed by atoms with Crippen molar-refractivity contribution in [1.29, 1.82) is 0 Å². The van der Waals surface area contributed by atoms with E-state index in [9.17, 15) is 18.3 Å². The quantitative estimate of drug-likeness (QED) is 0.332. The number of amides is 1. The van der Waals surface area contributed by atoms with Crippen molar-refractivity contribution in [3.8, 4) is 17.1 Å². The first-order chi connectivity index (χ1) is 21.9. The fourth-order valence-electron chi connectivity index (χ4n) is 8.32. The Bertz CT molecular complexity index is 1750. The van der Waals surface area contributed by atoms with E-state index in [2.05, 4.69) is 33.9 Å². The lowest BCUT2D eigenvalue weighted by Crippen LogP contribution is -2.77. The SMILES string of the molecule is Cc1cccc(C)c1-c1cc2nc(n1)NS(=O)(=O)c1cccc(c1)C(=O)N([C@H]1C[C@@H](NC34CC(CO)(C3)C4)C1)[C@H](CC(C)C)CO2. The normalized spacial score (nSPS) is 29.6. The number of ether oxygens (including phenoxy) is 1. The number of hydrogen-bond donors (Lipinski definition) is 3. The molecule has 5 aliphatic rings. The summed E-state index contributed by atoms with van der Waals surface area (Å²) >= 11 is 0. The molecule has 0 saturated heterocycles. The number of nitrogens with one attached hydrogen (secondary N) is 2. The molecule has 2 heterocycles. The maximum Gasteiger partial charge on any atom is 0.264 e. The predicted octanol–water partition coefficient (Wildman–Crippen LogP) is 4.85. The van der Waals surface area contributed by atoms with Gasteiger partial charge in [0, 0.05) is 41.4 Å². The Morgan fingerprint density at radius 1 is 1.07 bits per heavy atom. The molecule has 0 unspecified atom stereocenters. The molecular formula is C35H43N5O5S. The van der Waals surface area contributed by atoms with Crippen LogP contribution in [-0.4, -0.2) is 71.2 Å². The molecule has 0 spiro atoms. The van der Waals surface area contributed by atoms with Crippen LogP contribution in [-0.2, 0) is 10.0 Å². The summed E-state index contributed by atoms with van der Waals surface area (Å²) in [6.45, 7) is 8.71. The van der Waals surface area contributed by atoms with Crippen molar-refractivity contribution in [2.24, 2.45) is 11.3 Å². The monoisotopic (exact) mass is 645 g/mol. The van der Waals surface area contributed by atoms with Crippen LogP contribution in [0.25, 0.3) is 11.3 Å². The minimum absolute atomic E-state index is 0.0221. The number of carbonyl (C=O) groups is 1. The van der Waals surface area contributed by atoms with Gasteiger partial charge in [0.2, 0.25) is 11.8 Å². The molecule has 4 fully saturated rings. The number of hydrogen-bond acceptors (Lipinski definition) is 8. The minimum Gasteiger partial charge on any atom is -0.475 e. The smallest absolute Gasteiger partial charge is 0.264 e. The molecule has 8 rings (SSSR count). The van der Waals surface area contributed by atoms with Gasteiger partial charge in [-0.15, -0.1) is 0 Å². The second kappa shape index (κ2) is 11.3. The molecule has 244 valence electrons. The Kier molecular flexibility index (Phi) is 7.64. The largest absolute Gasteiger partial charge is 0.475 e. The number of aromatic nitrogens is 2. The predicted molar refractivity (Wildman–Crippen MR) is 175 cm³/mol. The summed E-state index contributed by atoms with van der Waals surface area (Å²) in [5.74, 6) is 0.233. The molecule has 10 nitrogen and oxygen atoms in total. The van der Waals surface area contributed by atoms with Gasteiger partial charge in [-0.05, 0) is 93.0 Å². The number of aliphatic hydroxyl groups is 1. The number of aliphatic hydroxyl groups excluding tert-OH is 1. The number of carbonyl (C=O) groups excluding carboxylic acids is 1. The lowest BCUT2D eigenvalue weighted by Gasteiger charge is -2.72. The van der Waals surface area contributed by atoms with Gasteiger partial charge in [0.1, 0.15) is 6.61 Å². The topological polar surface area (TPSA) is 134 Å². The summed E-state index contributed by atoms with van der Waals surface area (Å²) in [6.07, 6.45) is 5.38. The molecule has 1 aromatic heterocycles. The Balaban J connectivity index is 1.24. The lowest BCUT2D eigenvalue weighted by atomic mass is 9.39. The van der Waals surface area contributed by atoms with E-state index in [0.717, 1.165) is 48.8 Å². The molecule has 2 aromatic carbocycles. The maximum atomic E-state index is 14.4. The van der Waals surface area contributed by atoms with Crippen molar-refractivity contribution < 1.29 is 23.1 Å². The number of fused-ring (bicyclic) bond motifs is 4. The number of aryl methyl sites for hydroxylation is 2. The molecular weight excluding hydrogens is 602 g/mol. The highest BCUT2D eigenvalue weighted by atomic mass is 32.2. The lowest BCUT2D eigenvalue weighted by molar-refractivity contribution is -0.187.